The fraction of sp³-hybridized carbons (Fsp3) is 0.444. The van der Waals surface area contributed by atoms with E-state index in [-0.39, 0.29) is 17.7 Å². The van der Waals surface area contributed by atoms with Crippen LogP contribution in [0.5, 0.6) is 5.75 Å². The predicted molar refractivity (Wildman–Crippen MR) is 97.4 cm³/mol. The van der Waals surface area contributed by atoms with E-state index in [4.69, 9.17) is 4.74 Å². The van der Waals surface area contributed by atoms with Crippen molar-refractivity contribution in [2.45, 2.75) is 32.9 Å². The fourth-order valence-corrected chi connectivity index (χ4v) is 2.30. The second kappa shape index (κ2) is 9.66. The molecule has 2 N–H and O–H groups in total. The lowest BCUT2D eigenvalue weighted by atomic mass is 10.2. The molecule has 2 rings (SSSR count). The van der Waals surface area contributed by atoms with Crippen LogP contribution in [0.4, 0.5) is 4.39 Å². The Bertz CT molecular complexity index is 686. The Morgan fingerprint density at radius 2 is 2.16 bits per heavy atom. The Morgan fingerprint density at radius 1 is 1.36 bits per heavy atom. The number of guanidine groups is 1. The van der Waals surface area contributed by atoms with Crippen molar-refractivity contribution in [3.8, 4) is 5.75 Å². The number of nitrogens with one attached hydrogen (secondary N) is 2. The van der Waals surface area contributed by atoms with E-state index >= 15 is 0 Å². The van der Waals surface area contributed by atoms with Crippen LogP contribution in [0.1, 0.15) is 18.9 Å². The zero-order chi connectivity index (χ0) is 18.1. The van der Waals surface area contributed by atoms with E-state index < -0.39 is 0 Å². The molecule has 6 nitrogen and oxygen atoms in total. The fourth-order valence-electron chi connectivity index (χ4n) is 2.30. The minimum absolute atomic E-state index is 0.149. The molecular formula is C18H26FN5O. The average Bonchev–Trinajstić information content (AvgIpc) is 3.03. The van der Waals surface area contributed by atoms with Crippen LogP contribution >= 0.6 is 0 Å². The third-order valence-corrected chi connectivity index (χ3v) is 3.70. The van der Waals surface area contributed by atoms with Crippen molar-refractivity contribution < 1.29 is 9.13 Å². The second-order valence-corrected chi connectivity index (χ2v) is 5.74. The third kappa shape index (κ3) is 6.10. The highest BCUT2D eigenvalue weighted by Crippen LogP contribution is 2.17. The van der Waals surface area contributed by atoms with Gasteiger partial charge in [0, 0.05) is 19.8 Å². The summed E-state index contributed by atoms with van der Waals surface area (Å²) in [4.78, 5) is 4.19. The van der Waals surface area contributed by atoms with Crippen LogP contribution in [-0.4, -0.2) is 42.0 Å². The van der Waals surface area contributed by atoms with Gasteiger partial charge in [-0.2, -0.15) is 5.10 Å². The molecule has 1 atom stereocenters. The summed E-state index contributed by atoms with van der Waals surface area (Å²) in [6.45, 7) is 6.00. The lowest BCUT2D eigenvalue weighted by Gasteiger charge is -2.20. The molecule has 0 spiro atoms. The van der Waals surface area contributed by atoms with Crippen molar-refractivity contribution in [1.29, 1.82) is 0 Å². The van der Waals surface area contributed by atoms with E-state index in [0.29, 0.717) is 19.0 Å². The lowest BCUT2D eigenvalue weighted by molar-refractivity contribution is 0.191. The zero-order valence-electron chi connectivity index (χ0n) is 15.0. The number of para-hydroxylation sites is 1. The van der Waals surface area contributed by atoms with E-state index in [9.17, 15) is 4.39 Å². The molecule has 136 valence electrons. The Hall–Kier alpha value is -2.57. The molecule has 0 fully saturated rings. The molecule has 0 radical (unpaired) electrons. The van der Waals surface area contributed by atoms with Crippen LogP contribution in [0.2, 0.25) is 0 Å². The summed E-state index contributed by atoms with van der Waals surface area (Å²) in [5.74, 6) is 0.602. The van der Waals surface area contributed by atoms with Gasteiger partial charge in [-0.15, -0.1) is 0 Å². The first-order chi connectivity index (χ1) is 12.1. The Balaban J connectivity index is 1.77. The third-order valence-electron chi connectivity index (χ3n) is 3.70. The molecule has 1 unspecified atom stereocenters. The van der Waals surface area contributed by atoms with E-state index in [1.807, 2.05) is 30.9 Å². The highest BCUT2D eigenvalue weighted by molar-refractivity contribution is 5.79. The quantitative estimate of drug-likeness (QED) is 0.568. The van der Waals surface area contributed by atoms with Gasteiger partial charge in [-0.05, 0) is 31.0 Å². The molecule has 1 aromatic carbocycles. The number of benzene rings is 1. The van der Waals surface area contributed by atoms with Crippen molar-refractivity contribution in [2.24, 2.45) is 4.99 Å². The molecule has 0 bridgehead atoms. The molecular weight excluding hydrogens is 321 g/mol. The number of hydrogen-bond acceptors (Lipinski definition) is 3. The number of hydrogen-bond donors (Lipinski definition) is 2. The van der Waals surface area contributed by atoms with Gasteiger partial charge in [-0.3, -0.25) is 9.67 Å². The van der Waals surface area contributed by atoms with Crippen molar-refractivity contribution in [1.82, 2.24) is 20.4 Å². The summed E-state index contributed by atoms with van der Waals surface area (Å²) in [5.41, 5.74) is 1.14. The van der Waals surface area contributed by atoms with Gasteiger partial charge in [0.2, 0.25) is 0 Å². The molecule has 7 heteroatoms. The molecule has 0 aliphatic carbocycles. The topological polar surface area (TPSA) is 63.5 Å². The first-order valence-corrected chi connectivity index (χ1v) is 8.47. The smallest absolute Gasteiger partial charge is 0.191 e. The lowest BCUT2D eigenvalue weighted by Crippen LogP contribution is -2.43. The summed E-state index contributed by atoms with van der Waals surface area (Å²) in [5, 5.41) is 10.7. The summed E-state index contributed by atoms with van der Waals surface area (Å²) in [7, 11) is 1.71. The molecule has 2 aromatic rings. The van der Waals surface area contributed by atoms with E-state index in [2.05, 4.69) is 20.7 Å². The monoisotopic (exact) mass is 347 g/mol. The summed E-state index contributed by atoms with van der Waals surface area (Å²) in [6, 6.07) is 6.44. The molecule has 0 amide bonds. The normalized spacial score (nSPS) is 12.7. The molecule has 0 saturated carbocycles. The number of ether oxygens (including phenoxy) is 1. The highest BCUT2D eigenvalue weighted by Gasteiger charge is 2.11. The summed E-state index contributed by atoms with van der Waals surface area (Å²) in [6.07, 6.45) is 4.43. The molecule has 1 aromatic heterocycles. The average molecular weight is 347 g/mol. The zero-order valence-corrected chi connectivity index (χ0v) is 15.0. The maximum absolute atomic E-state index is 13.7. The summed E-state index contributed by atoms with van der Waals surface area (Å²) < 4.78 is 21.3. The number of aromatic nitrogens is 2. The Morgan fingerprint density at radius 3 is 2.80 bits per heavy atom. The predicted octanol–water partition coefficient (Wildman–Crippen LogP) is 2.35. The van der Waals surface area contributed by atoms with Gasteiger partial charge >= 0.3 is 0 Å². The second-order valence-electron chi connectivity index (χ2n) is 5.74. The van der Waals surface area contributed by atoms with E-state index in [1.54, 1.807) is 25.2 Å². The number of aryl methyl sites for hydroxylation is 1. The molecule has 0 aliphatic heterocycles. The van der Waals surface area contributed by atoms with Crippen LogP contribution in [0, 0.1) is 12.7 Å². The number of aliphatic imine (C=N–C) groups is 1. The number of nitrogens with zero attached hydrogens (tertiary/aromatic N) is 3. The van der Waals surface area contributed by atoms with Crippen LogP contribution in [0.15, 0.2) is 41.7 Å². The van der Waals surface area contributed by atoms with Gasteiger partial charge in [-0.25, -0.2) is 4.39 Å². The van der Waals surface area contributed by atoms with Crippen LogP contribution in [-0.2, 0) is 6.54 Å². The number of rotatable bonds is 8. The van der Waals surface area contributed by atoms with Crippen molar-refractivity contribution in [3.63, 3.8) is 0 Å². The van der Waals surface area contributed by atoms with Gasteiger partial charge in [0.05, 0.1) is 19.3 Å². The molecule has 1 heterocycles. The Labute approximate surface area is 148 Å². The van der Waals surface area contributed by atoms with Gasteiger partial charge in [0.25, 0.3) is 0 Å². The minimum atomic E-state index is -0.349. The van der Waals surface area contributed by atoms with E-state index in [1.165, 1.54) is 6.07 Å². The maximum Gasteiger partial charge on any atom is 0.191 e. The van der Waals surface area contributed by atoms with Crippen LogP contribution in [0.3, 0.4) is 0 Å². The SMILES string of the molecule is CCC(CNC(=NC)NCCn1cc(C)cn1)Oc1ccccc1F. The Kier molecular flexibility index (Phi) is 7.25. The van der Waals surface area contributed by atoms with E-state index in [0.717, 1.165) is 18.5 Å². The van der Waals surface area contributed by atoms with Gasteiger partial charge in [-0.1, -0.05) is 19.1 Å². The van der Waals surface area contributed by atoms with Crippen molar-refractivity contribution in [2.75, 3.05) is 20.1 Å². The van der Waals surface area contributed by atoms with Crippen LogP contribution in [0.25, 0.3) is 0 Å². The number of halogens is 1. The first-order valence-electron chi connectivity index (χ1n) is 8.47. The standard InChI is InChI=1S/C18H26FN5O/c1-4-15(25-17-8-6-5-7-16(17)19)12-22-18(20-3)21-9-10-24-13-14(2)11-23-24/h5-8,11,13,15H,4,9-10,12H2,1-3H3,(H2,20,21,22). The largest absolute Gasteiger partial charge is 0.486 e. The minimum Gasteiger partial charge on any atom is -0.486 e. The highest BCUT2D eigenvalue weighted by atomic mass is 19.1. The van der Waals surface area contributed by atoms with Crippen molar-refractivity contribution in [3.05, 3.63) is 48.0 Å². The molecule has 25 heavy (non-hydrogen) atoms. The van der Waals surface area contributed by atoms with Gasteiger partial charge in [0.1, 0.15) is 6.10 Å². The molecule has 0 saturated heterocycles. The van der Waals surface area contributed by atoms with Crippen LogP contribution < -0.4 is 15.4 Å². The molecule has 0 aliphatic rings. The maximum atomic E-state index is 13.7. The van der Waals surface area contributed by atoms with Crippen molar-refractivity contribution >= 4 is 5.96 Å². The summed E-state index contributed by atoms with van der Waals surface area (Å²) >= 11 is 0. The first kappa shape index (κ1) is 18.8. The van der Waals surface area contributed by atoms with Gasteiger partial charge < -0.3 is 15.4 Å². The van der Waals surface area contributed by atoms with Gasteiger partial charge in [0.15, 0.2) is 17.5 Å².